The summed E-state index contributed by atoms with van der Waals surface area (Å²) in [7, 11) is -10.3. The Morgan fingerprint density at radius 1 is 0.667 bits per heavy atom. The van der Waals surface area contributed by atoms with Gasteiger partial charge in [0, 0.05) is 20.8 Å². The van der Waals surface area contributed by atoms with Gasteiger partial charge in [0.25, 0.3) is 0 Å². The predicted molar refractivity (Wildman–Crippen MR) is 20.9 cm³/mol. The molecule has 0 fully saturated rings. The van der Waals surface area contributed by atoms with Crippen LogP contribution in [0.2, 0.25) is 0 Å². The average molecular weight is 316 g/mol. The Kier molecular flexibility index (Phi) is 16.3. The summed E-state index contributed by atoms with van der Waals surface area (Å²) in [5.41, 5.74) is 0. The van der Waals surface area contributed by atoms with E-state index in [9.17, 15) is 0 Å². The second-order valence-electron chi connectivity index (χ2n) is 0.816. The maximum absolute atomic E-state index is 8.52. The molecular formula is CoO8S2Zn. The van der Waals surface area contributed by atoms with E-state index in [0.29, 0.717) is 0 Å². The van der Waals surface area contributed by atoms with Crippen LogP contribution in [0.1, 0.15) is 0 Å². The largest absolute Gasteiger partial charge is 2.00 e. The van der Waals surface area contributed by atoms with E-state index in [1.807, 2.05) is 0 Å². The van der Waals surface area contributed by atoms with Gasteiger partial charge in [-0.25, -0.2) is 0 Å². The summed E-state index contributed by atoms with van der Waals surface area (Å²) < 4.78 is 68.2. The third-order valence-electron chi connectivity index (χ3n) is 0. The summed E-state index contributed by atoms with van der Waals surface area (Å²) >= 11 is 0. The van der Waals surface area contributed by atoms with Crippen molar-refractivity contribution in [1.82, 2.24) is 0 Å². The maximum atomic E-state index is 8.52. The van der Waals surface area contributed by atoms with E-state index in [2.05, 4.69) is 0 Å². The van der Waals surface area contributed by atoms with Crippen LogP contribution in [-0.4, -0.2) is 35.0 Å². The molecule has 0 rings (SSSR count). The summed E-state index contributed by atoms with van der Waals surface area (Å²) in [4.78, 5) is 0. The van der Waals surface area contributed by atoms with Crippen LogP contribution in [0.15, 0.2) is 0 Å². The van der Waals surface area contributed by atoms with E-state index in [1.54, 1.807) is 0 Å². The van der Waals surface area contributed by atoms with E-state index >= 15 is 0 Å². The molecule has 0 bridgehead atoms. The van der Waals surface area contributed by atoms with Gasteiger partial charge in [0.2, 0.25) is 0 Å². The normalized spacial score (nSPS) is 9.67. The van der Waals surface area contributed by atoms with Crippen LogP contribution in [0.3, 0.4) is 0 Å². The van der Waals surface area contributed by atoms with E-state index in [4.69, 9.17) is 35.0 Å². The zero-order chi connectivity index (χ0) is 9.00. The molecule has 12 heavy (non-hydrogen) atoms. The summed E-state index contributed by atoms with van der Waals surface area (Å²) in [5, 5.41) is 0. The van der Waals surface area contributed by atoms with Crippen LogP contribution < -0.4 is 0 Å². The SMILES string of the molecule is O=S(=O)([O-])[O-].O=S(=O)([O-])[O-].[Co+2].[Zn+2]. The maximum Gasteiger partial charge on any atom is 2.00 e. The quantitative estimate of drug-likeness (QED) is 0.265. The minimum atomic E-state index is -5.17. The van der Waals surface area contributed by atoms with E-state index < -0.39 is 20.8 Å². The average Bonchev–Trinajstić information content (AvgIpc) is 1.12. The fraction of sp³-hybridized carbons (Fsp3) is 0. The smallest absolute Gasteiger partial charge is 0.759 e. The molecule has 0 saturated heterocycles. The van der Waals surface area contributed by atoms with Crippen molar-refractivity contribution < 1.29 is 71.3 Å². The van der Waals surface area contributed by atoms with Gasteiger partial charge >= 0.3 is 36.3 Å². The van der Waals surface area contributed by atoms with Crippen LogP contribution in [0.4, 0.5) is 0 Å². The van der Waals surface area contributed by atoms with Crippen molar-refractivity contribution in [2.75, 3.05) is 0 Å². The van der Waals surface area contributed by atoms with Crippen molar-refractivity contribution in [2.45, 2.75) is 0 Å². The molecule has 1 radical (unpaired) electrons. The summed E-state index contributed by atoms with van der Waals surface area (Å²) in [6, 6.07) is 0. The Morgan fingerprint density at radius 3 is 0.667 bits per heavy atom. The number of rotatable bonds is 0. The van der Waals surface area contributed by atoms with Crippen molar-refractivity contribution >= 4 is 20.8 Å². The molecule has 12 heteroatoms. The molecule has 0 aliphatic rings. The molecule has 0 aromatic heterocycles. The minimum Gasteiger partial charge on any atom is -0.759 e. The topological polar surface area (TPSA) is 161 Å². The fourth-order valence-electron chi connectivity index (χ4n) is 0. The Bertz CT molecular complexity index is 213. The van der Waals surface area contributed by atoms with Crippen LogP contribution in [0, 0.1) is 0 Å². The standard InChI is InChI=1S/Co.2H2O4S.Zn/c;2*1-5(2,3)4;/h;2*(H2,1,2,3,4);/q+2;;;+2/p-4. The molecule has 0 aromatic carbocycles. The molecule has 0 heterocycles. The summed E-state index contributed by atoms with van der Waals surface area (Å²) in [6.07, 6.45) is 0. The number of hydrogen-bond acceptors (Lipinski definition) is 8. The Morgan fingerprint density at radius 2 is 0.667 bits per heavy atom. The van der Waals surface area contributed by atoms with Crippen LogP contribution >= 0.6 is 0 Å². The first-order valence-electron chi connectivity index (χ1n) is 1.33. The molecule has 0 amide bonds. The predicted octanol–water partition coefficient (Wildman–Crippen LogP) is -2.68. The number of hydrogen-bond donors (Lipinski definition) is 0. The molecule has 0 aliphatic heterocycles. The third-order valence-corrected chi connectivity index (χ3v) is 0. The van der Waals surface area contributed by atoms with Crippen molar-refractivity contribution in [3.63, 3.8) is 0 Å². The zero-order valence-corrected chi connectivity index (χ0v) is 10.8. The van der Waals surface area contributed by atoms with Crippen LogP contribution in [0.5, 0.6) is 0 Å². The first-order valence-corrected chi connectivity index (χ1v) is 4.00. The van der Waals surface area contributed by atoms with Gasteiger partial charge in [0.15, 0.2) is 0 Å². The molecule has 0 aromatic rings. The first kappa shape index (κ1) is 23.0. The van der Waals surface area contributed by atoms with Crippen molar-refractivity contribution in [2.24, 2.45) is 0 Å². The Hall–Kier alpha value is 0.870. The Labute approximate surface area is 91.8 Å². The van der Waals surface area contributed by atoms with E-state index in [0.717, 1.165) is 0 Å². The zero-order valence-electron chi connectivity index (χ0n) is 5.12. The second-order valence-corrected chi connectivity index (χ2v) is 2.45. The van der Waals surface area contributed by atoms with Gasteiger partial charge in [-0.2, -0.15) is 0 Å². The minimum absolute atomic E-state index is 0. The van der Waals surface area contributed by atoms with Crippen LogP contribution in [0.25, 0.3) is 0 Å². The fourth-order valence-corrected chi connectivity index (χ4v) is 0. The van der Waals surface area contributed by atoms with Gasteiger partial charge in [0.05, 0.1) is 0 Å². The van der Waals surface area contributed by atoms with Crippen molar-refractivity contribution in [3.8, 4) is 0 Å². The molecule has 0 saturated carbocycles. The molecule has 0 atom stereocenters. The van der Waals surface area contributed by atoms with Gasteiger partial charge in [-0.1, -0.05) is 0 Å². The molecule has 71 valence electrons. The Balaban J connectivity index is -0.0000000457. The monoisotopic (exact) mass is 315 g/mol. The third kappa shape index (κ3) is 1400. The molecule has 0 N–H and O–H groups in total. The van der Waals surface area contributed by atoms with E-state index in [1.165, 1.54) is 0 Å². The van der Waals surface area contributed by atoms with Crippen LogP contribution in [-0.2, 0) is 57.1 Å². The van der Waals surface area contributed by atoms with Gasteiger partial charge < -0.3 is 18.2 Å². The molecule has 0 aliphatic carbocycles. The molecule has 0 unspecified atom stereocenters. The van der Waals surface area contributed by atoms with Gasteiger partial charge in [-0.3, -0.25) is 16.8 Å². The molecular weight excluding hydrogens is 316 g/mol. The summed E-state index contributed by atoms with van der Waals surface area (Å²) in [5.74, 6) is 0. The van der Waals surface area contributed by atoms with Gasteiger partial charge in [0.1, 0.15) is 0 Å². The van der Waals surface area contributed by atoms with Gasteiger partial charge in [-0.15, -0.1) is 0 Å². The summed E-state index contributed by atoms with van der Waals surface area (Å²) in [6.45, 7) is 0. The van der Waals surface area contributed by atoms with E-state index in [-0.39, 0.29) is 36.3 Å². The second kappa shape index (κ2) is 8.47. The van der Waals surface area contributed by atoms with Crippen molar-refractivity contribution in [1.29, 1.82) is 0 Å². The molecule has 8 nitrogen and oxygen atoms in total. The van der Waals surface area contributed by atoms with Gasteiger partial charge in [-0.05, 0) is 0 Å². The first-order chi connectivity index (χ1) is 4.00. The van der Waals surface area contributed by atoms with Crippen molar-refractivity contribution in [3.05, 3.63) is 0 Å². The molecule has 0 spiro atoms.